The molecule has 0 fully saturated rings. The Labute approximate surface area is 187 Å². The lowest BCUT2D eigenvalue weighted by atomic mass is 9.92. The quantitative estimate of drug-likeness (QED) is 0.188. The van der Waals surface area contributed by atoms with Gasteiger partial charge in [-0.1, -0.05) is 36.8 Å². The number of methoxy groups -OCH3 is 1. The van der Waals surface area contributed by atoms with Gasteiger partial charge in [-0.15, -0.1) is 18.3 Å². The molecule has 4 nitrogen and oxygen atoms in total. The average molecular weight is 437 g/mol. The average Bonchev–Trinajstić information content (AvgIpc) is 2.73. The summed E-state index contributed by atoms with van der Waals surface area (Å²) in [6, 6.07) is 7.95. The van der Waals surface area contributed by atoms with Gasteiger partial charge in [0.2, 0.25) is 0 Å². The van der Waals surface area contributed by atoms with Crippen LogP contribution < -0.4 is 4.74 Å². The monoisotopic (exact) mass is 436 g/mol. The molecule has 170 valence electrons. The Hall–Kier alpha value is -1.27. The second kappa shape index (κ2) is 16.4. The van der Waals surface area contributed by atoms with Crippen molar-refractivity contribution in [3.05, 3.63) is 54.1 Å². The first-order chi connectivity index (χ1) is 14.5. The van der Waals surface area contributed by atoms with Crippen molar-refractivity contribution in [3.63, 3.8) is 0 Å². The van der Waals surface area contributed by atoms with E-state index in [0.29, 0.717) is 31.7 Å². The Kier molecular flexibility index (Phi) is 14.7. The lowest BCUT2D eigenvalue weighted by Gasteiger charge is -2.20. The van der Waals surface area contributed by atoms with Crippen LogP contribution >= 0.6 is 11.8 Å². The summed E-state index contributed by atoms with van der Waals surface area (Å²) in [6.07, 6.45) is 9.46. The Balaban J connectivity index is 2.21. The number of aliphatic hydroxyl groups is 1. The maximum Gasteiger partial charge on any atom is 0.118 e. The summed E-state index contributed by atoms with van der Waals surface area (Å²) < 4.78 is 16.5. The SMILES string of the molecule is C=C[C@@H](COCSC)C[C@H](O)C[C@H](C)CC/C=C(\C)COCc1ccc(OC)cc1. The van der Waals surface area contributed by atoms with Gasteiger partial charge in [0, 0.05) is 5.92 Å². The molecule has 0 aliphatic carbocycles. The number of rotatable bonds is 17. The van der Waals surface area contributed by atoms with E-state index in [2.05, 4.69) is 26.5 Å². The molecular weight excluding hydrogens is 396 g/mol. The number of aliphatic hydroxyl groups excluding tert-OH is 1. The lowest BCUT2D eigenvalue weighted by molar-refractivity contribution is 0.0906. The number of ether oxygens (including phenoxy) is 3. The van der Waals surface area contributed by atoms with E-state index in [9.17, 15) is 5.11 Å². The van der Waals surface area contributed by atoms with Crippen LogP contribution in [0.3, 0.4) is 0 Å². The molecule has 0 amide bonds. The topological polar surface area (TPSA) is 47.9 Å². The van der Waals surface area contributed by atoms with Crippen LogP contribution in [0.15, 0.2) is 48.6 Å². The minimum atomic E-state index is -0.307. The molecule has 0 heterocycles. The van der Waals surface area contributed by atoms with E-state index in [1.807, 2.05) is 36.6 Å². The fourth-order valence-electron chi connectivity index (χ4n) is 3.27. The molecular formula is C25H40O4S. The fourth-order valence-corrected chi connectivity index (χ4v) is 3.53. The van der Waals surface area contributed by atoms with Gasteiger partial charge in [-0.25, -0.2) is 0 Å². The van der Waals surface area contributed by atoms with Gasteiger partial charge < -0.3 is 19.3 Å². The molecule has 1 aromatic carbocycles. The third-order valence-corrected chi connectivity index (χ3v) is 5.43. The third kappa shape index (κ3) is 12.4. The minimum Gasteiger partial charge on any atom is -0.497 e. The molecule has 0 aliphatic rings. The Bertz CT molecular complexity index is 600. The van der Waals surface area contributed by atoms with Gasteiger partial charge >= 0.3 is 0 Å². The summed E-state index contributed by atoms with van der Waals surface area (Å²) in [7, 11) is 1.67. The largest absolute Gasteiger partial charge is 0.497 e. The van der Waals surface area contributed by atoms with Crippen molar-refractivity contribution in [1.29, 1.82) is 0 Å². The highest BCUT2D eigenvalue weighted by atomic mass is 32.2. The zero-order valence-corrected chi connectivity index (χ0v) is 20.0. The van der Waals surface area contributed by atoms with Crippen molar-refractivity contribution in [2.24, 2.45) is 11.8 Å². The highest BCUT2D eigenvalue weighted by Gasteiger charge is 2.15. The first kappa shape index (κ1) is 26.8. The summed E-state index contributed by atoms with van der Waals surface area (Å²) in [5.41, 5.74) is 2.39. The minimum absolute atomic E-state index is 0.212. The molecule has 0 spiro atoms. The summed E-state index contributed by atoms with van der Waals surface area (Å²) in [5, 5.41) is 10.4. The second-order valence-electron chi connectivity index (χ2n) is 7.97. The lowest BCUT2D eigenvalue weighted by Crippen LogP contribution is -2.18. The highest BCUT2D eigenvalue weighted by molar-refractivity contribution is 7.98. The number of thioether (sulfide) groups is 1. The summed E-state index contributed by atoms with van der Waals surface area (Å²) in [4.78, 5) is 0. The molecule has 0 aliphatic heterocycles. The zero-order valence-electron chi connectivity index (χ0n) is 19.1. The summed E-state index contributed by atoms with van der Waals surface area (Å²) in [6.45, 7) is 10.1. The normalized spacial score (nSPS) is 14.9. The molecule has 0 aromatic heterocycles. The van der Waals surface area contributed by atoms with Crippen LogP contribution in [-0.2, 0) is 16.1 Å². The van der Waals surface area contributed by atoms with Crippen molar-refractivity contribution in [2.75, 3.05) is 32.5 Å². The molecule has 30 heavy (non-hydrogen) atoms. The van der Waals surface area contributed by atoms with Gasteiger partial charge in [0.1, 0.15) is 5.75 Å². The van der Waals surface area contributed by atoms with E-state index in [4.69, 9.17) is 14.2 Å². The van der Waals surface area contributed by atoms with Crippen LogP contribution in [0.4, 0.5) is 0 Å². The number of hydrogen-bond acceptors (Lipinski definition) is 5. The van der Waals surface area contributed by atoms with Crippen LogP contribution in [0, 0.1) is 11.8 Å². The summed E-state index contributed by atoms with van der Waals surface area (Å²) >= 11 is 1.66. The van der Waals surface area contributed by atoms with E-state index in [-0.39, 0.29) is 12.0 Å². The summed E-state index contributed by atoms with van der Waals surface area (Å²) in [5.74, 6) is 2.23. The first-order valence-corrected chi connectivity index (χ1v) is 12.1. The maximum atomic E-state index is 10.4. The highest BCUT2D eigenvalue weighted by Crippen LogP contribution is 2.19. The van der Waals surface area contributed by atoms with Crippen LogP contribution in [0.1, 0.15) is 45.1 Å². The van der Waals surface area contributed by atoms with Gasteiger partial charge in [0.25, 0.3) is 0 Å². The van der Waals surface area contributed by atoms with Gasteiger partial charge in [0.05, 0.1) is 39.0 Å². The van der Waals surface area contributed by atoms with E-state index in [0.717, 1.165) is 37.0 Å². The van der Waals surface area contributed by atoms with Crippen LogP contribution in [-0.4, -0.2) is 43.7 Å². The van der Waals surface area contributed by atoms with Gasteiger partial charge in [-0.2, -0.15) is 0 Å². The molecule has 0 saturated heterocycles. The van der Waals surface area contributed by atoms with Crippen LogP contribution in [0.25, 0.3) is 0 Å². The zero-order chi connectivity index (χ0) is 22.2. The molecule has 0 unspecified atom stereocenters. The van der Waals surface area contributed by atoms with Gasteiger partial charge in [0.15, 0.2) is 0 Å². The van der Waals surface area contributed by atoms with Crippen molar-refractivity contribution >= 4 is 11.8 Å². The smallest absolute Gasteiger partial charge is 0.118 e. The van der Waals surface area contributed by atoms with E-state index >= 15 is 0 Å². The van der Waals surface area contributed by atoms with Gasteiger partial charge in [-0.05, 0) is 62.5 Å². The molecule has 0 bridgehead atoms. The van der Waals surface area contributed by atoms with Crippen LogP contribution in [0.5, 0.6) is 5.75 Å². The Morgan fingerprint density at radius 1 is 1.20 bits per heavy atom. The van der Waals surface area contributed by atoms with Crippen molar-refractivity contribution in [2.45, 2.75) is 52.2 Å². The molecule has 1 rings (SSSR count). The molecule has 1 aromatic rings. The first-order valence-electron chi connectivity index (χ1n) is 10.7. The van der Waals surface area contributed by atoms with Crippen LogP contribution in [0.2, 0.25) is 0 Å². The fraction of sp³-hybridized carbons (Fsp3) is 0.600. The van der Waals surface area contributed by atoms with E-state index < -0.39 is 0 Å². The number of hydrogen-bond donors (Lipinski definition) is 1. The number of benzene rings is 1. The van der Waals surface area contributed by atoms with Gasteiger partial charge in [-0.3, -0.25) is 0 Å². The Morgan fingerprint density at radius 3 is 2.57 bits per heavy atom. The van der Waals surface area contributed by atoms with Crippen molar-refractivity contribution < 1.29 is 19.3 Å². The molecule has 3 atom stereocenters. The molecule has 5 heteroatoms. The van der Waals surface area contributed by atoms with Crippen molar-refractivity contribution in [3.8, 4) is 5.75 Å². The standard InChI is InChI=1S/C25H40O4S/c1-6-22(17-29-19-30-5)15-24(26)14-20(2)8-7-9-21(3)16-28-18-23-10-12-25(27-4)13-11-23/h6,9-13,20,22,24,26H,1,7-8,14-19H2,2-5H3/b21-9+/t20-,22-,24-/m1/s1. The third-order valence-electron chi connectivity index (χ3n) is 5.03. The maximum absolute atomic E-state index is 10.4. The predicted octanol–water partition coefficient (Wildman–Crippen LogP) is 5.85. The molecule has 0 radical (unpaired) electrons. The molecule has 0 saturated carbocycles. The van der Waals surface area contributed by atoms with E-state index in [1.54, 1.807) is 18.9 Å². The predicted molar refractivity (Wildman–Crippen MR) is 128 cm³/mol. The molecule has 1 N–H and O–H groups in total. The second-order valence-corrected chi connectivity index (χ2v) is 8.79. The number of allylic oxidation sites excluding steroid dienone is 1. The van der Waals surface area contributed by atoms with Crippen molar-refractivity contribution in [1.82, 2.24) is 0 Å². The Morgan fingerprint density at radius 2 is 1.93 bits per heavy atom. The van der Waals surface area contributed by atoms with E-state index in [1.165, 1.54) is 5.57 Å².